The lowest BCUT2D eigenvalue weighted by Gasteiger charge is -1.95. The number of aromatic nitrogens is 1. The van der Waals surface area contributed by atoms with Gasteiger partial charge in [-0.15, -0.1) is 0 Å². The number of thiol groups is 1. The van der Waals surface area contributed by atoms with E-state index >= 15 is 0 Å². The van der Waals surface area contributed by atoms with Crippen molar-refractivity contribution in [3.63, 3.8) is 0 Å². The molecule has 0 unspecified atom stereocenters. The van der Waals surface area contributed by atoms with Crippen molar-refractivity contribution in [3.8, 4) is 0 Å². The molecule has 3 heteroatoms. The lowest BCUT2D eigenvalue weighted by molar-refractivity contribution is 1.15. The summed E-state index contributed by atoms with van der Waals surface area (Å²) in [7, 11) is 0. The Labute approximate surface area is 87.4 Å². The summed E-state index contributed by atoms with van der Waals surface area (Å²) < 4.78 is 5.64. The second kappa shape index (κ2) is 3.68. The van der Waals surface area contributed by atoms with E-state index in [0.717, 1.165) is 17.9 Å². The summed E-state index contributed by atoms with van der Waals surface area (Å²) in [6.45, 7) is 2.17. The van der Waals surface area contributed by atoms with Crippen LogP contribution < -0.4 is 0 Å². The number of benzene rings is 1. The summed E-state index contributed by atoms with van der Waals surface area (Å²) in [4.78, 5) is 0. The molecule has 0 fully saturated rings. The van der Waals surface area contributed by atoms with Crippen molar-refractivity contribution in [1.29, 1.82) is 0 Å². The normalized spacial score (nSPS) is 10.9. The van der Waals surface area contributed by atoms with Gasteiger partial charge in [-0.05, 0) is 29.6 Å². The Morgan fingerprint density at radius 3 is 3.00 bits per heavy atom. The third kappa shape index (κ3) is 1.58. The molecule has 1 aromatic heterocycles. The van der Waals surface area contributed by atoms with Crippen molar-refractivity contribution in [1.82, 2.24) is 4.37 Å². The van der Waals surface area contributed by atoms with Gasteiger partial charge in [0, 0.05) is 11.1 Å². The third-order valence-corrected chi connectivity index (χ3v) is 3.31. The van der Waals surface area contributed by atoms with E-state index in [9.17, 15) is 0 Å². The fraction of sp³-hybridized carbons (Fsp3) is 0.300. The first-order chi connectivity index (χ1) is 6.35. The topological polar surface area (TPSA) is 12.9 Å². The summed E-state index contributed by atoms with van der Waals surface area (Å²) in [6, 6.07) is 6.55. The van der Waals surface area contributed by atoms with E-state index < -0.39 is 0 Å². The van der Waals surface area contributed by atoms with Crippen molar-refractivity contribution in [2.45, 2.75) is 19.1 Å². The van der Waals surface area contributed by atoms with Gasteiger partial charge in [0.15, 0.2) is 0 Å². The van der Waals surface area contributed by atoms with Crippen LogP contribution in [0.4, 0.5) is 0 Å². The molecule has 0 saturated heterocycles. The zero-order valence-electron chi connectivity index (χ0n) is 7.45. The molecule has 13 heavy (non-hydrogen) atoms. The van der Waals surface area contributed by atoms with Crippen LogP contribution in [0.1, 0.15) is 18.2 Å². The highest BCUT2D eigenvalue weighted by Crippen LogP contribution is 2.24. The van der Waals surface area contributed by atoms with Gasteiger partial charge < -0.3 is 0 Å². The first kappa shape index (κ1) is 9.03. The third-order valence-electron chi connectivity index (χ3n) is 2.17. The highest BCUT2D eigenvalue weighted by molar-refractivity contribution is 7.79. The van der Waals surface area contributed by atoms with Gasteiger partial charge in [-0.3, -0.25) is 0 Å². The van der Waals surface area contributed by atoms with Crippen LogP contribution in [-0.4, -0.2) is 4.37 Å². The van der Waals surface area contributed by atoms with Crippen LogP contribution in [0.3, 0.4) is 0 Å². The summed E-state index contributed by atoms with van der Waals surface area (Å²) in [6.07, 6.45) is 1.09. The largest absolute Gasteiger partial charge is 0.196 e. The molecule has 1 aromatic carbocycles. The average Bonchev–Trinajstić information content (AvgIpc) is 2.59. The van der Waals surface area contributed by atoms with Crippen molar-refractivity contribution in [2.75, 3.05) is 0 Å². The highest BCUT2D eigenvalue weighted by Gasteiger charge is 2.03. The molecule has 1 nitrogen and oxygen atoms in total. The quantitative estimate of drug-likeness (QED) is 0.749. The minimum absolute atomic E-state index is 0.728. The molecule has 0 bridgehead atoms. The molecule has 0 aliphatic rings. The molecule has 0 N–H and O–H groups in total. The Morgan fingerprint density at radius 1 is 1.46 bits per heavy atom. The van der Waals surface area contributed by atoms with Gasteiger partial charge in [-0.1, -0.05) is 19.1 Å². The molecule has 1 heterocycles. The van der Waals surface area contributed by atoms with E-state index in [0.29, 0.717) is 0 Å². The predicted octanol–water partition coefficient (Wildman–Crippen LogP) is 3.29. The van der Waals surface area contributed by atoms with Crippen LogP contribution in [0, 0.1) is 0 Å². The molecule has 2 rings (SSSR count). The van der Waals surface area contributed by atoms with Gasteiger partial charge in [0.05, 0.1) is 10.4 Å². The number of hydrogen-bond acceptors (Lipinski definition) is 3. The summed E-state index contributed by atoms with van der Waals surface area (Å²) in [5.74, 6) is 0.728. The Bertz CT molecular complexity index is 420. The maximum Gasteiger partial charge on any atom is 0.0717 e. The lowest BCUT2D eigenvalue weighted by Crippen LogP contribution is -1.79. The highest BCUT2D eigenvalue weighted by atomic mass is 32.1. The van der Waals surface area contributed by atoms with E-state index in [2.05, 4.69) is 42.1 Å². The van der Waals surface area contributed by atoms with Gasteiger partial charge >= 0.3 is 0 Å². The van der Waals surface area contributed by atoms with E-state index in [4.69, 9.17) is 0 Å². The van der Waals surface area contributed by atoms with E-state index in [1.54, 1.807) is 11.5 Å². The van der Waals surface area contributed by atoms with E-state index in [-0.39, 0.29) is 0 Å². The molecule has 0 radical (unpaired) electrons. The molecule has 0 aliphatic carbocycles. The molecule has 0 saturated carbocycles. The monoisotopic (exact) mass is 209 g/mol. The van der Waals surface area contributed by atoms with Gasteiger partial charge in [0.1, 0.15) is 0 Å². The Kier molecular flexibility index (Phi) is 2.56. The number of hydrogen-bond donors (Lipinski definition) is 1. The summed E-state index contributed by atoms with van der Waals surface area (Å²) >= 11 is 5.81. The Hall–Kier alpha value is -0.540. The predicted molar refractivity (Wildman–Crippen MR) is 61.7 cm³/mol. The van der Waals surface area contributed by atoms with Crippen LogP contribution in [0.25, 0.3) is 10.1 Å². The van der Waals surface area contributed by atoms with Crippen LogP contribution in [0.2, 0.25) is 0 Å². The molecular weight excluding hydrogens is 198 g/mol. The standard InChI is InChI=1S/C10H11NS2/c1-2-7-3-4-8-9(6-12)11-13-10(8)5-7/h3-5,12H,2,6H2,1H3. The van der Waals surface area contributed by atoms with Crippen molar-refractivity contribution in [2.24, 2.45) is 0 Å². The number of nitrogens with zero attached hydrogens (tertiary/aromatic N) is 1. The van der Waals surface area contributed by atoms with Crippen molar-refractivity contribution < 1.29 is 0 Å². The second-order valence-electron chi connectivity index (χ2n) is 2.97. The van der Waals surface area contributed by atoms with Crippen molar-refractivity contribution in [3.05, 3.63) is 29.5 Å². The zero-order chi connectivity index (χ0) is 9.26. The SMILES string of the molecule is CCc1ccc2c(CS)nsc2c1. The molecular formula is C10H11NS2. The maximum absolute atomic E-state index is 4.35. The molecule has 0 amide bonds. The first-order valence-corrected chi connectivity index (χ1v) is 5.73. The fourth-order valence-electron chi connectivity index (χ4n) is 1.37. The minimum atomic E-state index is 0.728. The van der Waals surface area contributed by atoms with Crippen LogP contribution in [0.15, 0.2) is 18.2 Å². The zero-order valence-corrected chi connectivity index (χ0v) is 9.16. The van der Waals surface area contributed by atoms with Crippen LogP contribution in [-0.2, 0) is 12.2 Å². The Morgan fingerprint density at radius 2 is 2.31 bits per heavy atom. The second-order valence-corrected chi connectivity index (χ2v) is 4.09. The van der Waals surface area contributed by atoms with Crippen LogP contribution in [0.5, 0.6) is 0 Å². The average molecular weight is 209 g/mol. The minimum Gasteiger partial charge on any atom is -0.196 e. The lowest BCUT2D eigenvalue weighted by atomic mass is 10.1. The summed E-state index contributed by atoms with van der Waals surface area (Å²) in [5, 5.41) is 1.26. The van der Waals surface area contributed by atoms with Gasteiger partial charge in [0.25, 0.3) is 0 Å². The van der Waals surface area contributed by atoms with Gasteiger partial charge in [-0.25, -0.2) is 0 Å². The Balaban J connectivity index is 2.61. The molecule has 2 aromatic rings. The fourth-order valence-corrected chi connectivity index (χ4v) is 2.56. The molecule has 0 spiro atoms. The molecule has 68 valence electrons. The van der Waals surface area contributed by atoms with E-state index in [1.807, 2.05) is 0 Å². The van der Waals surface area contributed by atoms with Gasteiger partial charge in [-0.2, -0.15) is 17.0 Å². The molecule has 0 atom stereocenters. The van der Waals surface area contributed by atoms with Crippen LogP contribution >= 0.6 is 24.2 Å². The molecule has 0 aliphatic heterocycles. The summed E-state index contributed by atoms with van der Waals surface area (Å²) in [5.41, 5.74) is 2.48. The first-order valence-electron chi connectivity index (χ1n) is 4.33. The smallest absolute Gasteiger partial charge is 0.0717 e. The maximum atomic E-state index is 4.35. The van der Waals surface area contributed by atoms with Gasteiger partial charge in [0.2, 0.25) is 0 Å². The number of aryl methyl sites for hydroxylation is 1. The van der Waals surface area contributed by atoms with Crippen molar-refractivity contribution >= 4 is 34.2 Å². The number of fused-ring (bicyclic) bond motifs is 1. The number of rotatable bonds is 2. The van der Waals surface area contributed by atoms with E-state index in [1.165, 1.54) is 15.6 Å².